The van der Waals surface area contributed by atoms with Crippen LogP contribution in [0.3, 0.4) is 0 Å². The van der Waals surface area contributed by atoms with Crippen LogP contribution in [0.15, 0.2) is 115 Å². The molecular weight excluding hydrogens is 455 g/mol. The summed E-state index contributed by atoms with van der Waals surface area (Å²) in [6, 6.07) is 40.5. The predicted molar refractivity (Wildman–Crippen MR) is 150 cm³/mol. The summed E-state index contributed by atoms with van der Waals surface area (Å²) in [5, 5.41) is 2.50. The lowest BCUT2D eigenvalue weighted by Crippen LogP contribution is -2.46. The van der Waals surface area contributed by atoms with E-state index in [4.69, 9.17) is 9.64 Å². The Morgan fingerprint density at radius 2 is 1.30 bits per heavy atom. The Morgan fingerprint density at radius 1 is 0.622 bits per heavy atom. The topological polar surface area (TPSA) is 35.2 Å². The zero-order valence-electron chi connectivity index (χ0n) is 19.7. The predicted octanol–water partition coefficient (Wildman–Crippen LogP) is 7.18. The maximum absolute atomic E-state index is 6.76. The van der Waals surface area contributed by atoms with E-state index in [0.717, 1.165) is 45.2 Å². The van der Waals surface area contributed by atoms with Gasteiger partial charge in [0, 0.05) is 33.8 Å². The molecule has 172 valence electrons. The minimum absolute atomic E-state index is 0.333. The van der Waals surface area contributed by atoms with Gasteiger partial charge in [0.1, 0.15) is 11.6 Å². The quantitative estimate of drug-likeness (QED) is 0.237. The van der Waals surface area contributed by atoms with Gasteiger partial charge in [-0.25, -0.2) is 4.98 Å². The number of para-hydroxylation sites is 5. The number of anilines is 2. The second kappa shape index (κ2) is 6.83. The molecule has 0 radical (unpaired) electrons. The van der Waals surface area contributed by atoms with E-state index in [1.807, 2.05) is 6.07 Å². The first-order valence-corrected chi connectivity index (χ1v) is 12.5. The zero-order valence-corrected chi connectivity index (χ0v) is 19.7. The first-order chi connectivity index (χ1) is 18.4. The third-order valence-corrected chi connectivity index (χ3v) is 7.72. The third-order valence-electron chi connectivity index (χ3n) is 7.72. The monoisotopic (exact) mass is 474 g/mol. The molecule has 37 heavy (non-hydrogen) atoms. The van der Waals surface area contributed by atoms with Crippen LogP contribution in [0.4, 0.5) is 11.4 Å². The number of hydrogen-bond acceptors (Lipinski definition) is 3. The van der Waals surface area contributed by atoms with Crippen molar-refractivity contribution >= 4 is 51.4 Å². The summed E-state index contributed by atoms with van der Waals surface area (Å²) < 4.78 is 11.3. The van der Waals surface area contributed by atoms with E-state index in [1.165, 1.54) is 21.8 Å². The summed E-state index contributed by atoms with van der Waals surface area (Å²) in [6.07, 6.45) is 0. The van der Waals surface area contributed by atoms with Crippen LogP contribution in [0.1, 0.15) is 0 Å². The van der Waals surface area contributed by atoms with E-state index >= 15 is 0 Å². The molecule has 0 amide bonds. The Kier molecular flexibility index (Phi) is 3.55. The maximum Gasteiger partial charge on any atom is 0.629 e. The molecule has 5 aromatic carbocycles. The van der Waals surface area contributed by atoms with Crippen molar-refractivity contribution in [1.29, 1.82) is 0 Å². The Balaban J connectivity index is 1.28. The van der Waals surface area contributed by atoms with Gasteiger partial charge in [0.2, 0.25) is 0 Å². The highest BCUT2D eigenvalue weighted by molar-refractivity contribution is 6.62. The van der Waals surface area contributed by atoms with Gasteiger partial charge in [-0.2, -0.15) is 0 Å². The molecule has 9 rings (SSSR count). The first kappa shape index (κ1) is 19.3. The van der Waals surface area contributed by atoms with Gasteiger partial charge in [-0.1, -0.05) is 60.7 Å². The summed E-state index contributed by atoms with van der Waals surface area (Å²) >= 11 is 0. The zero-order chi connectivity index (χ0) is 24.1. The number of hydrogen-bond donors (Lipinski definition) is 0. The largest absolute Gasteiger partial charge is 0.629 e. The normalized spacial score (nSPS) is 13.5. The molecule has 5 nitrogen and oxygen atoms in total. The van der Waals surface area contributed by atoms with Crippen LogP contribution < -0.4 is 9.47 Å². The Bertz CT molecular complexity index is 2000. The van der Waals surface area contributed by atoms with Crippen LogP contribution in [-0.4, -0.2) is 21.2 Å². The van der Waals surface area contributed by atoms with E-state index in [1.54, 1.807) is 0 Å². The highest BCUT2D eigenvalue weighted by atomic mass is 16.5. The molecule has 0 bridgehead atoms. The molecule has 0 N–H and O–H groups in total. The van der Waals surface area contributed by atoms with Gasteiger partial charge in [0.15, 0.2) is 0 Å². The van der Waals surface area contributed by atoms with Crippen molar-refractivity contribution in [1.82, 2.24) is 14.0 Å². The van der Waals surface area contributed by atoms with Gasteiger partial charge < -0.3 is 18.5 Å². The van der Waals surface area contributed by atoms with Crippen molar-refractivity contribution in [2.45, 2.75) is 0 Å². The SMILES string of the molecule is c1ccc2c(c1)-c1nc3ccccc3n1B1Oc3cc(-n4c5ccccc5c5ccccc54)ccc3N12. The molecule has 0 fully saturated rings. The number of nitrogens with zero attached hydrogens (tertiary/aromatic N) is 4. The molecule has 0 aliphatic carbocycles. The average Bonchev–Trinajstić information content (AvgIpc) is 3.62. The van der Waals surface area contributed by atoms with Gasteiger partial charge in [-0.3, -0.25) is 0 Å². The Morgan fingerprint density at radius 3 is 2.11 bits per heavy atom. The van der Waals surface area contributed by atoms with Crippen molar-refractivity contribution in [3.05, 3.63) is 115 Å². The Hall–Kier alpha value is -4.97. The van der Waals surface area contributed by atoms with Crippen LogP contribution in [0, 0.1) is 0 Å². The first-order valence-electron chi connectivity index (χ1n) is 12.5. The second-order valence-electron chi connectivity index (χ2n) is 9.65. The van der Waals surface area contributed by atoms with Gasteiger partial charge in [0.25, 0.3) is 0 Å². The van der Waals surface area contributed by atoms with Crippen molar-refractivity contribution in [2.75, 3.05) is 4.81 Å². The number of imidazole rings is 1. The number of benzene rings is 5. The average molecular weight is 474 g/mol. The van der Waals surface area contributed by atoms with E-state index in [9.17, 15) is 0 Å². The third kappa shape index (κ3) is 2.42. The van der Waals surface area contributed by atoms with Crippen molar-refractivity contribution in [3.8, 4) is 22.8 Å². The standard InChI is InChI=1S/C31H19BN4O/c1-5-13-25-21(9-1)22-10-2-6-14-26(22)34(25)20-17-18-29-30(19-20)37-32-35(29)27-15-7-3-11-23(27)31-33-24-12-4-8-16-28(24)36(31)32/h1-19H. The molecule has 0 atom stereocenters. The van der Waals surface area contributed by atoms with Crippen LogP contribution in [0.5, 0.6) is 5.75 Å². The van der Waals surface area contributed by atoms with Gasteiger partial charge in [0.05, 0.1) is 27.8 Å². The summed E-state index contributed by atoms with van der Waals surface area (Å²) in [5.74, 6) is 1.80. The Labute approximate surface area is 212 Å². The molecule has 0 saturated carbocycles. The van der Waals surface area contributed by atoms with Crippen molar-refractivity contribution < 1.29 is 4.65 Å². The summed E-state index contributed by atoms with van der Waals surface area (Å²) in [5.41, 5.74) is 8.78. The number of aromatic nitrogens is 3. The molecule has 2 aliphatic heterocycles. The molecular formula is C31H19BN4O. The fourth-order valence-electron chi connectivity index (χ4n) is 6.17. The summed E-state index contributed by atoms with van der Waals surface area (Å²) in [4.78, 5) is 7.29. The summed E-state index contributed by atoms with van der Waals surface area (Å²) in [6.45, 7) is 0. The van der Waals surface area contributed by atoms with Crippen LogP contribution in [0.25, 0.3) is 49.9 Å². The molecule has 0 unspecified atom stereocenters. The van der Waals surface area contributed by atoms with Gasteiger partial charge in [-0.15, -0.1) is 0 Å². The molecule has 7 aromatic rings. The molecule has 0 spiro atoms. The summed E-state index contributed by atoms with van der Waals surface area (Å²) in [7, 11) is -0.333. The van der Waals surface area contributed by atoms with Gasteiger partial charge in [-0.05, 0) is 48.5 Å². The fraction of sp³-hybridized carbons (Fsp3) is 0. The van der Waals surface area contributed by atoms with Crippen molar-refractivity contribution in [3.63, 3.8) is 0 Å². The fourth-order valence-corrected chi connectivity index (χ4v) is 6.17. The molecule has 6 heteroatoms. The van der Waals surface area contributed by atoms with E-state index < -0.39 is 0 Å². The smallest absolute Gasteiger partial charge is 0.521 e. The van der Waals surface area contributed by atoms with E-state index in [-0.39, 0.29) is 7.19 Å². The van der Waals surface area contributed by atoms with Crippen LogP contribution in [-0.2, 0) is 0 Å². The number of fused-ring (bicyclic) bond motifs is 13. The van der Waals surface area contributed by atoms with Crippen LogP contribution >= 0.6 is 0 Å². The lowest BCUT2D eigenvalue weighted by Gasteiger charge is -2.30. The minimum atomic E-state index is -0.333. The van der Waals surface area contributed by atoms with Crippen LogP contribution in [0.2, 0.25) is 0 Å². The highest BCUT2D eigenvalue weighted by Crippen LogP contribution is 2.49. The van der Waals surface area contributed by atoms with Gasteiger partial charge >= 0.3 is 7.19 Å². The number of rotatable bonds is 1. The maximum atomic E-state index is 6.76. The minimum Gasteiger partial charge on any atom is -0.521 e. The van der Waals surface area contributed by atoms with Crippen molar-refractivity contribution in [2.24, 2.45) is 0 Å². The van der Waals surface area contributed by atoms with E-state index in [2.05, 4.69) is 123 Å². The lowest BCUT2D eigenvalue weighted by molar-refractivity contribution is 0.578. The van der Waals surface area contributed by atoms with E-state index in [0.29, 0.717) is 0 Å². The highest BCUT2D eigenvalue weighted by Gasteiger charge is 2.47. The molecule has 2 aliphatic rings. The lowest BCUT2D eigenvalue weighted by atomic mass is 9.89. The molecule has 0 saturated heterocycles. The molecule has 4 heterocycles. The second-order valence-corrected chi connectivity index (χ2v) is 9.65. The molecule has 2 aromatic heterocycles.